The third-order valence-electron chi connectivity index (χ3n) is 4.15. The third kappa shape index (κ3) is 2.22. The normalized spacial score (nSPS) is 20.1. The second-order valence-electron chi connectivity index (χ2n) is 6.03. The van der Waals surface area contributed by atoms with Crippen LogP contribution in [0, 0.1) is 0 Å². The molecule has 0 amide bonds. The summed E-state index contributed by atoms with van der Waals surface area (Å²) in [5.74, 6) is 0. The Morgan fingerprint density at radius 1 is 1.10 bits per heavy atom. The summed E-state index contributed by atoms with van der Waals surface area (Å²) in [5, 5.41) is 4.19. The Hall–Kier alpha value is -1.11. The van der Waals surface area contributed by atoms with Gasteiger partial charge >= 0.3 is 7.12 Å². The SMILES string of the molecule is Cl.Cn1ncc2ncc(B3OC(C)(C)C(C)(C)O3)cc21. The maximum atomic E-state index is 6.02. The largest absolute Gasteiger partial charge is 0.496 e. The van der Waals surface area contributed by atoms with E-state index in [1.54, 1.807) is 17.1 Å². The predicted octanol–water partition coefficient (Wildman–Crippen LogP) is 1.69. The first-order valence-corrected chi connectivity index (χ1v) is 6.43. The first-order chi connectivity index (χ1) is 8.80. The van der Waals surface area contributed by atoms with Gasteiger partial charge in [-0.05, 0) is 33.8 Å². The van der Waals surface area contributed by atoms with Gasteiger partial charge in [0.05, 0.1) is 22.9 Å². The maximum absolute atomic E-state index is 6.02. The summed E-state index contributed by atoms with van der Waals surface area (Å²) < 4.78 is 13.8. The van der Waals surface area contributed by atoms with Crippen LogP contribution in [0.25, 0.3) is 11.0 Å². The van der Waals surface area contributed by atoms with Crippen molar-refractivity contribution in [2.45, 2.75) is 38.9 Å². The second kappa shape index (κ2) is 4.72. The molecule has 0 spiro atoms. The standard InChI is InChI=1S/C13H18BN3O2.ClH/c1-12(2)13(3,4)19-14(18-12)9-6-11-10(15-7-9)8-16-17(11)5;/h6-8H,1-5H3;1H. The summed E-state index contributed by atoms with van der Waals surface area (Å²) in [4.78, 5) is 4.40. The summed E-state index contributed by atoms with van der Waals surface area (Å²) >= 11 is 0. The lowest BCUT2D eigenvalue weighted by Crippen LogP contribution is -2.41. The first-order valence-electron chi connectivity index (χ1n) is 6.43. The molecule has 1 aliphatic heterocycles. The van der Waals surface area contributed by atoms with E-state index >= 15 is 0 Å². The van der Waals surface area contributed by atoms with Gasteiger partial charge < -0.3 is 9.31 Å². The molecule has 1 aliphatic rings. The van der Waals surface area contributed by atoms with Crippen molar-refractivity contribution in [1.29, 1.82) is 0 Å². The van der Waals surface area contributed by atoms with Gasteiger partial charge in [-0.3, -0.25) is 9.67 Å². The van der Waals surface area contributed by atoms with Crippen LogP contribution in [0.3, 0.4) is 0 Å². The van der Waals surface area contributed by atoms with Crippen molar-refractivity contribution in [3.8, 4) is 0 Å². The van der Waals surface area contributed by atoms with E-state index in [-0.39, 0.29) is 30.7 Å². The minimum atomic E-state index is -0.378. The zero-order valence-electron chi connectivity index (χ0n) is 12.4. The topological polar surface area (TPSA) is 49.2 Å². The number of hydrogen-bond donors (Lipinski definition) is 0. The molecule has 0 saturated carbocycles. The Morgan fingerprint density at radius 3 is 2.30 bits per heavy atom. The molecule has 20 heavy (non-hydrogen) atoms. The van der Waals surface area contributed by atoms with Gasteiger partial charge in [0.2, 0.25) is 0 Å². The summed E-state index contributed by atoms with van der Waals surface area (Å²) in [6.45, 7) is 8.18. The third-order valence-corrected chi connectivity index (χ3v) is 4.15. The minimum Gasteiger partial charge on any atom is -0.399 e. The number of pyridine rings is 1. The fraction of sp³-hybridized carbons (Fsp3) is 0.538. The van der Waals surface area contributed by atoms with Crippen LogP contribution in [0.5, 0.6) is 0 Å². The molecule has 0 aliphatic carbocycles. The van der Waals surface area contributed by atoms with E-state index in [0.717, 1.165) is 16.5 Å². The van der Waals surface area contributed by atoms with E-state index in [9.17, 15) is 0 Å². The quantitative estimate of drug-likeness (QED) is 0.751. The molecule has 1 fully saturated rings. The smallest absolute Gasteiger partial charge is 0.399 e. The molecule has 0 N–H and O–H groups in total. The molecule has 2 aromatic heterocycles. The Labute approximate surface area is 125 Å². The van der Waals surface area contributed by atoms with Crippen LogP contribution in [0.15, 0.2) is 18.5 Å². The van der Waals surface area contributed by atoms with Crippen molar-refractivity contribution < 1.29 is 9.31 Å². The number of nitrogens with zero attached hydrogens (tertiary/aromatic N) is 3. The number of aromatic nitrogens is 3. The highest BCUT2D eigenvalue weighted by Crippen LogP contribution is 2.36. The monoisotopic (exact) mass is 295 g/mol. The van der Waals surface area contributed by atoms with Crippen LogP contribution in [-0.2, 0) is 16.4 Å². The van der Waals surface area contributed by atoms with Gasteiger partial charge in [-0.1, -0.05) is 0 Å². The van der Waals surface area contributed by atoms with Crippen LogP contribution in [-0.4, -0.2) is 33.1 Å². The van der Waals surface area contributed by atoms with Crippen LogP contribution < -0.4 is 5.46 Å². The molecule has 3 rings (SSSR count). The molecular weight excluding hydrogens is 276 g/mol. The van der Waals surface area contributed by atoms with E-state index in [0.29, 0.717) is 0 Å². The van der Waals surface area contributed by atoms with Crippen molar-refractivity contribution >= 4 is 36.0 Å². The molecule has 0 bridgehead atoms. The molecule has 2 aromatic rings. The highest BCUT2D eigenvalue weighted by atomic mass is 35.5. The highest BCUT2D eigenvalue weighted by molar-refractivity contribution is 6.62. The van der Waals surface area contributed by atoms with Crippen LogP contribution in [0.4, 0.5) is 0 Å². The fourth-order valence-corrected chi connectivity index (χ4v) is 2.15. The van der Waals surface area contributed by atoms with Gasteiger partial charge in [0.1, 0.15) is 5.52 Å². The molecule has 3 heterocycles. The summed E-state index contributed by atoms with van der Waals surface area (Å²) in [5.41, 5.74) is 2.11. The van der Waals surface area contributed by atoms with Gasteiger partial charge in [-0.25, -0.2) is 0 Å². The van der Waals surface area contributed by atoms with Gasteiger partial charge in [0.15, 0.2) is 0 Å². The summed E-state index contributed by atoms with van der Waals surface area (Å²) in [6.07, 6.45) is 3.55. The molecule has 0 radical (unpaired) electrons. The van der Waals surface area contributed by atoms with E-state index in [1.165, 1.54) is 0 Å². The zero-order valence-corrected chi connectivity index (χ0v) is 13.2. The van der Waals surface area contributed by atoms with Gasteiger partial charge in [-0.2, -0.15) is 5.10 Å². The summed E-state index contributed by atoms with van der Waals surface area (Å²) in [6, 6.07) is 2.03. The first kappa shape index (κ1) is 15.3. The van der Waals surface area contributed by atoms with Crippen LogP contribution in [0.1, 0.15) is 27.7 Å². The van der Waals surface area contributed by atoms with Crippen molar-refractivity contribution in [2.24, 2.45) is 7.05 Å². The van der Waals surface area contributed by atoms with Crippen LogP contribution >= 0.6 is 12.4 Å². The molecule has 0 aromatic carbocycles. The van der Waals surface area contributed by atoms with E-state index in [2.05, 4.69) is 10.1 Å². The zero-order chi connectivity index (χ0) is 13.8. The van der Waals surface area contributed by atoms with Gasteiger partial charge in [0.25, 0.3) is 0 Å². The Bertz CT molecular complexity index is 626. The Balaban J connectivity index is 0.00000147. The lowest BCUT2D eigenvalue weighted by Gasteiger charge is -2.32. The lowest BCUT2D eigenvalue weighted by atomic mass is 9.80. The molecule has 7 heteroatoms. The van der Waals surface area contributed by atoms with Crippen molar-refractivity contribution in [3.05, 3.63) is 18.5 Å². The average molecular weight is 296 g/mol. The molecular formula is C13H19BClN3O2. The molecule has 5 nitrogen and oxygen atoms in total. The number of aryl methyl sites for hydroxylation is 1. The number of fused-ring (bicyclic) bond motifs is 1. The second-order valence-corrected chi connectivity index (χ2v) is 6.03. The molecule has 0 atom stereocenters. The summed E-state index contributed by atoms with van der Waals surface area (Å²) in [7, 11) is 1.52. The Morgan fingerprint density at radius 2 is 1.70 bits per heavy atom. The van der Waals surface area contributed by atoms with Crippen molar-refractivity contribution in [2.75, 3.05) is 0 Å². The minimum absolute atomic E-state index is 0. The van der Waals surface area contributed by atoms with Gasteiger partial charge in [-0.15, -0.1) is 12.4 Å². The maximum Gasteiger partial charge on any atom is 0.496 e. The van der Waals surface area contributed by atoms with Gasteiger partial charge in [0, 0.05) is 18.7 Å². The lowest BCUT2D eigenvalue weighted by molar-refractivity contribution is 0.00578. The fourth-order valence-electron chi connectivity index (χ4n) is 2.15. The van der Waals surface area contributed by atoms with Crippen molar-refractivity contribution in [3.63, 3.8) is 0 Å². The number of halogens is 1. The molecule has 0 unspecified atom stereocenters. The van der Waals surface area contributed by atoms with E-state index < -0.39 is 0 Å². The van der Waals surface area contributed by atoms with E-state index in [4.69, 9.17) is 9.31 Å². The van der Waals surface area contributed by atoms with E-state index in [1.807, 2.05) is 40.8 Å². The number of hydrogen-bond acceptors (Lipinski definition) is 4. The Kier molecular flexibility index (Phi) is 3.61. The molecule has 108 valence electrons. The molecule has 1 saturated heterocycles. The van der Waals surface area contributed by atoms with Crippen LogP contribution in [0.2, 0.25) is 0 Å². The predicted molar refractivity (Wildman–Crippen MR) is 81.5 cm³/mol. The number of rotatable bonds is 1. The highest BCUT2D eigenvalue weighted by Gasteiger charge is 2.51. The van der Waals surface area contributed by atoms with Crippen molar-refractivity contribution in [1.82, 2.24) is 14.8 Å². The average Bonchev–Trinajstić information content (AvgIpc) is 2.78.